The first-order valence-corrected chi connectivity index (χ1v) is 7.21. The Morgan fingerprint density at radius 1 is 1.53 bits per heavy atom. The van der Waals surface area contributed by atoms with Crippen molar-refractivity contribution in [1.29, 1.82) is 0 Å². The van der Waals surface area contributed by atoms with Gasteiger partial charge in [-0.05, 0) is 45.2 Å². The summed E-state index contributed by atoms with van der Waals surface area (Å²) in [5.74, 6) is 0.393. The van der Waals surface area contributed by atoms with Gasteiger partial charge < -0.3 is 11.1 Å². The molecule has 0 bridgehead atoms. The third-order valence-corrected chi connectivity index (χ3v) is 3.96. The van der Waals surface area contributed by atoms with Gasteiger partial charge in [-0.1, -0.05) is 12.8 Å². The number of hydrogen-bond acceptors (Lipinski definition) is 3. The van der Waals surface area contributed by atoms with Crippen LogP contribution in [0.3, 0.4) is 0 Å². The van der Waals surface area contributed by atoms with Gasteiger partial charge in [-0.3, -0.25) is 9.48 Å². The van der Waals surface area contributed by atoms with Gasteiger partial charge in [0.25, 0.3) is 5.91 Å². The molecule has 1 aliphatic carbocycles. The Morgan fingerprint density at radius 2 is 2.26 bits per heavy atom. The van der Waals surface area contributed by atoms with Crippen LogP contribution < -0.4 is 11.1 Å². The van der Waals surface area contributed by atoms with Crippen molar-refractivity contribution in [2.75, 3.05) is 6.54 Å². The number of hydrogen-bond donors (Lipinski definition) is 2. The average Bonchev–Trinajstić information content (AvgIpc) is 2.80. The van der Waals surface area contributed by atoms with E-state index in [9.17, 15) is 4.79 Å². The van der Waals surface area contributed by atoms with Crippen molar-refractivity contribution in [3.8, 4) is 0 Å². The minimum absolute atomic E-state index is 0.0206. The molecule has 0 radical (unpaired) electrons. The maximum Gasteiger partial charge on any atom is 0.269 e. The number of nitrogens with one attached hydrogen (secondary N) is 1. The summed E-state index contributed by atoms with van der Waals surface area (Å²) >= 11 is 0. The second-order valence-electron chi connectivity index (χ2n) is 5.35. The lowest BCUT2D eigenvalue weighted by Crippen LogP contribution is -2.45. The molecule has 106 valence electrons. The Balaban J connectivity index is 2.07. The van der Waals surface area contributed by atoms with Crippen LogP contribution in [-0.2, 0) is 6.54 Å². The first-order valence-electron chi connectivity index (χ1n) is 7.21. The lowest BCUT2D eigenvalue weighted by atomic mass is 9.84. The van der Waals surface area contributed by atoms with Crippen molar-refractivity contribution in [3.63, 3.8) is 0 Å². The van der Waals surface area contributed by atoms with Crippen molar-refractivity contribution in [3.05, 3.63) is 17.5 Å². The minimum Gasteiger partial charge on any atom is -0.348 e. The zero-order chi connectivity index (χ0) is 13.8. The fourth-order valence-corrected chi connectivity index (χ4v) is 2.89. The lowest BCUT2D eigenvalue weighted by Gasteiger charge is -2.31. The van der Waals surface area contributed by atoms with Crippen molar-refractivity contribution in [1.82, 2.24) is 15.1 Å². The summed E-state index contributed by atoms with van der Waals surface area (Å²) in [6, 6.07) is 2.06. The van der Waals surface area contributed by atoms with Crippen molar-refractivity contribution >= 4 is 5.91 Å². The predicted octanol–water partition coefficient (Wildman–Crippen LogP) is 1.46. The standard InChI is InChI=1S/C14H24N4O/c1-3-18-13(8-10(2)17-18)14(19)16-12-7-5-4-6-11(12)9-15/h8,11-12H,3-7,9,15H2,1-2H3,(H,16,19). The molecule has 1 aromatic heterocycles. The molecular formula is C14H24N4O. The number of carbonyl (C=O) groups is 1. The molecule has 5 heteroatoms. The highest BCUT2D eigenvalue weighted by atomic mass is 16.2. The third kappa shape index (κ3) is 3.15. The van der Waals surface area contributed by atoms with Gasteiger partial charge in [0.1, 0.15) is 5.69 Å². The quantitative estimate of drug-likeness (QED) is 0.864. The van der Waals surface area contributed by atoms with Crippen LogP contribution in [-0.4, -0.2) is 28.3 Å². The Labute approximate surface area is 114 Å². The Hall–Kier alpha value is -1.36. The Morgan fingerprint density at radius 3 is 2.95 bits per heavy atom. The molecule has 2 unspecified atom stereocenters. The zero-order valence-electron chi connectivity index (χ0n) is 11.9. The minimum atomic E-state index is -0.0206. The van der Waals surface area contributed by atoms with Gasteiger partial charge in [0, 0.05) is 12.6 Å². The molecule has 0 aliphatic heterocycles. The number of nitrogens with zero attached hydrogens (tertiary/aromatic N) is 2. The van der Waals surface area contributed by atoms with Gasteiger partial charge in [-0.2, -0.15) is 5.10 Å². The molecule has 1 aromatic rings. The van der Waals surface area contributed by atoms with Crippen molar-refractivity contribution in [2.24, 2.45) is 11.7 Å². The van der Waals surface area contributed by atoms with E-state index >= 15 is 0 Å². The summed E-state index contributed by atoms with van der Waals surface area (Å²) < 4.78 is 1.75. The molecule has 5 nitrogen and oxygen atoms in total. The van der Waals surface area contributed by atoms with Crippen LogP contribution in [0.15, 0.2) is 6.07 Å². The molecule has 1 amide bonds. The predicted molar refractivity (Wildman–Crippen MR) is 74.9 cm³/mol. The first kappa shape index (κ1) is 14.1. The molecule has 2 atom stereocenters. The molecule has 1 heterocycles. The van der Waals surface area contributed by atoms with Crippen LogP contribution in [0, 0.1) is 12.8 Å². The maximum absolute atomic E-state index is 12.4. The average molecular weight is 264 g/mol. The number of nitrogens with two attached hydrogens (primary N) is 1. The topological polar surface area (TPSA) is 72.9 Å². The normalized spacial score (nSPS) is 23.3. The summed E-state index contributed by atoms with van der Waals surface area (Å²) in [6.45, 7) is 5.26. The zero-order valence-corrected chi connectivity index (χ0v) is 11.9. The summed E-state index contributed by atoms with van der Waals surface area (Å²) in [4.78, 5) is 12.4. The molecule has 1 aliphatic rings. The number of rotatable bonds is 4. The van der Waals surface area contributed by atoms with Crippen LogP contribution in [0.25, 0.3) is 0 Å². The fraction of sp³-hybridized carbons (Fsp3) is 0.714. The highest BCUT2D eigenvalue weighted by molar-refractivity contribution is 5.92. The van der Waals surface area contributed by atoms with E-state index in [4.69, 9.17) is 5.73 Å². The van der Waals surface area contributed by atoms with E-state index in [0.717, 1.165) is 18.5 Å². The Bertz CT molecular complexity index is 441. The molecule has 19 heavy (non-hydrogen) atoms. The number of carbonyl (C=O) groups excluding carboxylic acids is 1. The molecule has 0 aromatic carbocycles. The van der Waals surface area contributed by atoms with E-state index in [2.05, 4.69) is 10.4 Å². The Kier molecular flexibility index (Phi) is 4.58. The van der Waals surface area contributed by atoms with Crippen molar-refractivity contribution < 1.29 is 4.79 Å². The number of aromatic nitrogens is 2. The van der Waals surface area contributed by atoms with Gasteiger partial charge in [0.15, 0.2) is 0 Å². The largest absolute Gasteiger partial charge is 0.348 e. The number of amides is 1. The van der Waals surface area contributed by atoms with E-state index in [0.29, 0.717) is 24.7 Å². The van der Waals surface area contributed by atoms with Crippen LogP contribution >= 0.6 is 0 Å². The fourth-order valence-electron chi connectivity index (χ4n) is 2.89. The first-order chi connectivity index (χ1) is 9.15. The van der Waals surface area contributed by atoms with Crippen LogP contribution in [0.4, 0.5) is 0 Å². The van der Waals surface area contributed by atoms with E-state index < -0.39 is 0 Å². The van der Waals surface area contributed by atoms with E-state index in [-0.39, 0.29) is 11.9 Å². The lowest BCUT2D eigenvalue weighted by molar-refractivity contribution is 0.0897. The SMILES string of the molecule is CCn1nc(C)cc1C(=O)NC1CCCCC1CN. The maximum atomic E-state index is 12.4. The monoisotopic (exact) mass is 264 g/mol. The second-order valence-corrected chi connectivity index (χ2v) is 5.35. The molecule has 0 saturated heterocycles. The van der Waals surface area contributed by atoms with Crippen LogP contribution in [0.1, 0.15) is 48.8 Å². The van der Waals surface area contributed by atoms with Crippen LogP contribution in [0.5, 0.6) is 0 Å². The van der Waals surface area contributed by atoms with Crippen LogP contribution in [0.2, 0.25) is 0 Å². The molecular weight excluding hydrogens is 240 g/mol. The second kappa shape index (κ2) is 6.19. The smallest absolute Gasteiger partial charge is 0.269 e. The van der Waals surface area contributed by atoms with Crippen molar-refractivity contribution in [2.45, 2.75) is 52.1 Å². The summed E-state index contributed by atoms with van der Waals surface area (Å²) in [5, 5.41) is 7.46. The molecule has 1 saturated carbocycles. The van der Waals surface area contributed by atoms with Gasteiger partial charge >= 0.3 is 0 Å². The molecule has 3 N–H and O–H groups in total. The van der Waals surface area contributed by atoms with Gasteiger partial charge in [-0.25, -0.2) is 0 Å². The van der Waals surface area contributed by atoms with E-state index in [1.54, 1.807) is 4.68 Å². The van der Waals surface area contributed by atoms with E-state index in [1.165, 1.54) is 12.8 Å². The van der Waals surface area contributed by atoms with Gasteiger partial charge in [-0.15, -0.1) is 0 Å². The molecule has 1 fully saturated rings. The summed E-state index contributed by atoms with van der Waals surface area (Å²) in [7, 11) is 0. The summed E-state index contributed by atoms with van der Waals surface area (Å²) in [6.07, 6.45) is 4.55. The van der Waals surface area contributed by atoms with Gasteiger partial charge in [0.2, 0.25) is 0 Å². The van der Waals surface area contributed by atoms with Gasteiger partial charge in [0.05, 0.1) is 5.69 Å². The van der Waals surface area contributed by atoms with E-state index in [1.807, 2.05) is 19.9 Å². The number of aryl methyl sites for hydroxylation is 2. The third-order valence-electron chi connectivity index (χ3n) is 3.96. The summed E-state index contributed by atoms with van der Waals surface area (Å²) in [5.41, 5.74) is 7.33. The molecule has 2 rings (SSSR count). The highest BCUT2D eigenvalue weighted by Crippen LogP contribution is 2.23. The molecule has 0 spiro atoms. The highest BCUT2D eigenvalue weighted by Gasteiger charge is 2.26.